The number of fused-ring (bicyclic) bond motifs is 7. The SMILES string of the molecule is CC[Si](C)(C)c1ccc2c(c1)-c1cc(N(c3ccc(-c4ccc5occc5c4)cc3)c3ccc4c(c3)-c3ccccc3C4(c3ccccc3)c3ccccc3)ccc1C2(c1ccccc1)c1ccccc1. The van der Waals surface area contributed by atoms with Crippen LogP contribution < -0.4 is 10.1 Å². The Bertz CT molecular complexity index is 3680. The molecule has 11 aromatic rings. The van der Waals surface area contributed by atoms with Crippen molar-refractivity contribution in [3.63, 3.8) is 0 Å². The average Bonchev–Trinajstić information content (AvgIpc) is 4.12. The van der Waals surface area contributed by atoms with Gasteiger partial charge in [-0.05, 0) is 132 Å². The fourth-order valence-electron chi connectivity index (χ4n) is 12.2. The third-order valence-corrected chi connectivity index (χ3v) is 19.7. The van der Waals surface area contributed by atoms with Crippen LogP contribution in [-0.4, -0.2) is 8.07 Å². The van der Waals surface area contributed by atoms with Crippen molar-refractivity contribution in [1.82, 2.24) is 0 Å². The van der Waals surface area contributed by atoms with Gasteiger partial charge < -0.3 is 9.32 Å². The van der Waals surface area contributed by atoms with E-state index in [9.17, 15) is 0 Å². The monoisotopic (exact) mass is 927 g/mol. The third-order valence-electron chi connectivity index (χ3n) is 16.1. The lowest BCUT2D eigenvalue weighted by Gasteiger charge is -2.35. The molecule has 2 aliphatic rings. The van der Waals surface area contributed by atoms with Crippen molar-refractivity contribution in [2.75, 3.05) is 4.90 Å². The van der Waals surface area contributed by atoms with Gasteiger partial charge in [-0.1, -0.05) is 225 Å². The van der Waals surface area contributed by atoms with E-state index in [0.717, 1.165) is 39.2 Å². The molecule has 0 fully saturated rings. The van der Waals surface area contributed by atoms with Gasteiger partial charge in [-0.15, -0.1) is 0 Å². The minimum atomic E-state index is -1.72. The van der Waals surface area contributed by atoms with Crippen molar-refractivity contribution in [1.29, 1.82) is 0 Å². The molecule has 0 bridgehead atoms. The van der Waals surface area contributed by atoms with Gasteiger partial charge in [-0.25, -0.2) is 0 Å². The quantitative estimate of drug-likeness (QED) is 0.127. The highest BCUT2D eigenvalue weighted by atomic mass is 28.3. The van der Waals surface area contributed by atoms with Gasteiger partial charge in [0.05, 0.1) is 25.2 Å². The molecule has 0 amide bonds. The van der Waals surface area contributed by atoms with E-state index in [2.05, 4.69) is 268 Å². The van der Waals surface area contributed by atoms with Crippen molar-refractivity contribution >= 4 is 41.3 Å². The molecule has 0 spiro atoms. The minimum Gasteiger partial charge on any atom is -0.464 e. The summed E-state index contributed by atoms with van der Waals surface area (Å²) < 4.78 is 5.71. The van der Waals surface area contributed by atoms with Crippen molar-refractivity contribution in [3.05, 3.63) is 299 Å². The van der Waals surface area contributed by atoms with E-state index < -0.39 is 18.9 Å². The van der Waals surface area contributed by atoms with Gasteiger partial charge in [-0.3, -0.25) is 0 Å². The molecule has 0 saturated carbocycles. The smallest absolute Gasteiger partial charge is 0.133 e. The van der Waals surface area contributed by atoms with Gasteiger partial charge in [0.1, 0.15) is 5.58 Å². The Morgan fingerprint density at radius 3 is 1.35 bits per heavy atom. The maximum absolute atomic E-state index is 5.71. The first-order valence-electron chi connectivity index (χ1n) is 25.0. The van der Waals surface area contributed by atoms with Crippen LogP contribution in [0, 0.1) is 0 Å². The van der Waals surface area contributed by atoms with Crippen LogP contribution in [0.25, 0.3) is 44.3 Å². The molecule has 0 saturated heterocycles. The summed E-state index contributed by atoms with van der Waals surface area (Å²) in [5.41, 5.74) is 20.9. The Kier molecular flexibility index (Phi) is 10.1. The zero-order valence-electron chi connectivity index (χ0n) is 40.3. The van der Waals surface area contributed by atoms with Gasteiger partial charge in [0.15, 0.2) is 0 Å². The number of hydrogen-bond donors (Lipinski definition) is 0. The van der Waals surface area contributed by atoms with Crippen molar-refractivity contribution in [3.8, 4) is 33.4 Å². The highest BCUT2D eigenvalue weighted by Crippen LogP contribution is 2.59. The predicted octanol–water partition coefficient (Wildman–Crippen LogP) is 17.2. The predicted molar refractivity (Wildman–Crippen MR) is 299 cm³/mol. The molecule has 13 rings (SSSR count). The normalized spacial score (nSPS) is 13.8. The molecule has 0 atom stereocenters. The van der Waals surface area contributed by atoms with Gasteiger partial charge in [0, 0.05) is 22.4 Å². The van der Waals surface area contributed by atoms with Crippen LogP contribution in [-0.2, 0) is 10.8 Å². The number of anilines is 3. The molecule has 0 radical (unpaired) electrons. The Morgan fingerprint density at radius 1 is 0.380 bits per heavy atom. The van der Waals surface area contributed by atoms with Gasteiger partial charge in [0.25, 0.3) is 0 Å². The fourth-order valence-corrected chi connectivity index (χ4v) is 13.7. The van der Waals surface area contributed by atoms with Crippen LogP contribution >= 0.6 is 0 Å². The highest BCUT2D eigenvalue weighted by Gasteiger charge is 2.48. The maximum Gasteiger partial charge on any atom is 0.133 e. The van der Waals surface area contributed by atoms with E-state index >= 15 is 0 Å². The Balaban J connectivity index is 1.05. The summed E-state index contributed by atoms with van der Waals surface area (Å²) in [6.45, 7) is 7.39. The average molecular weight is 928 g/mol. The lowest BCUT2D eigenvalue weighted by molar-refractivity contribution is 0.616. The molecular weight excluding hydrogens is 875 g/mol. The van der Waals surface area contributed by atoms with Gasteiger partial charge in [-0.2, -0.15) is 0 Å². The van der Waals surface area contributed by atoms with Crippen LogP contribution in [0.1, 0.15) is 51.4 Å². The summed E-state index contributed by atoms with van der Waals surface area (Å²) in [7, 11) is -1.72. The van der Waals surface area contributed by atoms with Gasteiger partial charge >= 0.3 is 0 Å². The lowest BCUT2D eigenvalue weighted by Crippen LogP contribution is -2.40. The topological polar surface area (TPSA) is 16.4 Å². The first-order chi connectivity index (χ1) is 34.9. The summed E-state index contributed by atoms with van der Waals surface area (Å²) in [5, 5.41) is 2.59. The standard InChI is InChI=1S/C68H53NOSi/c1-4-71(2,3)57-36-39-65-61(46-57)60-45-56(35-38-64(60)68(65,52-23-13-7-14-24-52)53-25-15-8-16-26-53)69(54-32-29-47(30-33-54)48-31-40-66-49(43-48)41-42-70-66)55-34-37-63-59(44-55)58-27-17-18-28-62(58)67(63,50-19-9-5-10-20-50)51-21-11-6-12-22-51/h5-46H,4H2,1-3H3. The zero-order chi connectivity index (χ0) is 47.7. The molecule has 10 aromatic carbocycles. The van der Waals surface area contributed by atoms with E-state index in [4.69, 9.17) is 4.42 Å². The molecule has 1 heterocycles. The summed E-state index contributed by atoms with van der Waals surface area (Å²) in [4.78, 5) is 2.48. The number of benzene rings is 10. The summed E-state index contributed by atoms with van der Waals surface area (Å²) >= 11 is 0. The molecular formula is C68H53NOSi. The van der Waals surface area contributed by atoms with Crippen LogP contribution in [0.3, 0.4) is 0 Å². The van der Waals surface area contributed by atoms with Gasteiger partial charge in [0.2, 0.25) is 0 Å². The summed E-state index contributed by atoms with van der Waals surface area (Å²) in [6, 6.07) is 94.4. The van der Waals surface area contributed by atoms with E-state index in [-0.39, 0.29) is 0 Å². The van der Waals surface area contributed by atoms with Crippen LogP contribution in [0.15, 0.2) is 259 Å². The zero-order valence-corrected chi connectivity index (χ0v) is 41.3. The van der Waals surface area contributed by atoms with Crippen LogP contribution in [0.4, 0.5) is 17.1 Å². The Labute approximate surface area is 418 Å². The van der Waals surface area contributed by atoms with E-state index in [1.807, 2.05) is 6.07 Å². The molecule has 0 aliphatic heterocycles. The molecule has 71 heavy (non-hydrogen) atoms. The first-order valence-corrected chi connectivity index (χ1v) is 28.2. The number of hydrogen-bond acceptors (Lipinski definition) is 2. The van der Waals surface area contributed by atoms with Crippen molar-refractivity contribution in [2.24, 2.45) is 0 Å². The second-order valence-corrected chi connectivity index (χ2v) is 25.1. The molecule has 340 valence electrons. The largest absolute Gasteiger partial charge is 0.464 e. The molecule has 0 unspecified atom stereocenters. The molecule has 2 nitrogen and oxygen atoms in total. The minimum absolute atomic E-state index is 0.488. The second kappa shape index (κ2) is 16.7. The molecule has 1 aromatic heterocycles. The molecule has 3 heteroatoms. The lowest BCUT2D eigenvalue weighted by atomic mass is 9.67. The van der Waals surface area contributed by atoms with E-state index in [1.165, 1.54) is 78.0 Å². The molecule has 2 aliphatic carbocycles. The summed E-state index contributed by atoms with van der Waals surface area (Å²) in [6.07, 6.45) is 1.76. The van der Waals surface area contributed by atoms with E-state index in [1.54, 1.807) is 6.26 Å². The van der Waals surface area contributed by atoms with Crippen LogP contribution in [0.2, 0.25) is 19.1 Å². The second-order valence-electron chi connectivity index (χ2n) is 20.0. The van der Waals surface area contributed by atoms with E-state index in [0.29, 0.717) is 0 Å². The first kappa shape index (κ1) is 42.8. The highest BCUT2D eigenvalue weighted by molar-refractivity contribution is 6.89. The maximum atomic E-state index is 5.71. The number of rotatable bonds is 10. The van der Waals surface area contributed by atoms with Crippen molar-refractivity contribution in [2.45, 2.75) is 36.9 Å². The third kappa shape index (κ3) is 6.53. The fraction of sp³-hybridized carbons (Fsp3) is 0.0882. The number of furan rings is 1. The number of nitrogens with zero attached hydrogens (tertiary/aromatic N) is 1. The molecule has 0 N–H and O–H groups in total. The van der Waals surface area contributed by atoms with Crippen LogP contribution in [0.5, 0.6) is 0 Å². The van der Waals surface area contributed by atoms with Crippen molar-refractivity contribution < 1.29 is 4.42 Å². The summed E-state index contributed by atoms with van der Waals surface area (Å²) in [5.74, 6) is 0. The Hall–Kier alpha value is -8.24. The Morgan fingerprint density at radius 2 is 0.817 bits per heavy atom.